The van der Waals surface area contributed by atoms with Gasteiger partial charge in [0, 0.05) is 5.56 Å². The minimum atomic E-state index is -2.90. The second kappa shape index (κ2) is 6.60. The van der Waals surface area contributed by atoms with E-state index in [4.69, 9.17) is 0 Å². The van der Waals surface area contributed by atoms with E-state index in [0.29, 0.717) is 16.7 Å². The Bertz CT molecular complexity index is 531. The van der Waals surface area contributed by atoms with E-state index >= 15 is 0 Å². The van der Waals surface area contributed by atoms with Crippen LogP contribution in [0.2, 0.25) is 0 Å². The van der Waals surface area contributed by atoms with Crippen LogP contribution in [-0.4, -0.2) is 29.8 Å². The van der Waals surface area contributed by atoms with Crippen LogP contribution in [0.1, 0.15) is 47.2 Å². The van der Waals surface area contributed by atoms with E-state index in [-0.39, 0.29) is 18.3 Å². The second-order valence-corrected chi connectivity index (χ2v) is 5.92. The van der Waals surface area contributed by atoms with Gasteiger partial charge in [0.25, 0.3) is 5.91 Å². The van der Waals surface area contributed by atoms with Crippen molar-refractivity contribution in [3.8, 4) is 5.75 Å². The zero-order valence-electron chi connectivity index (χ0n) is 12.8. The van der Waals surface area contributed by atoms with Crippen LogP contribution in [0.15, 0.2) is 12.1 Å². The van der Waals surface area contributed by atoms with E-state index in [2.05, 4.69) is 10.1 Å². The minimum Gasteiger partial charge on any atom is -0.434 e. The van der Waals surface area contributed by atoms with Gasteiger partial charge in [-0.1, -0.05) is 12.8 Å². The van der Waals surface area contributed by atoms with Crippen LogP contribution in [0, 0.1) is 13.8 Å². The topological polar surface area (TPSA) is 58.6 Å². The summed E-state index contributed by atoms with van der Waals surface area (Å²) in [5.74, 6) is -0.199. The Hall–Kier alpha value is -1.69. The lowest BCUT2D eigenvalue weighted by atomic mass is 9.97. The highest BCUT2D eigenvalue weighted by atomic mass is 19.3. The van der Waals surface area contributed by atoms with Crippen LogP contribution < -0.4 is 10.1 Å². The number of benzene rings is 1. The van der Waals surface area contributed by atoms with Crippen LogP contribution >= 0.6 is 0 Å². The molecule has 0 saturated heterocycles. The van der Waals surface area contributed by atoms with E-state index < -0.39 is 12.2 Å². The third-order valence-electron chi connectivity index (χ3n) is 4.17. The number of alkyl halides is 2. The Morgan fingerprint density at radius 3 is 2.32 bits per heavy atom. The zero-order valence-corrected chi connectivity index (χ0v) is 12.8. The molecule has 1 aliphatic rings. The van der Waals surface area contributed by atoms with Gasteiger partial charge < -0.3 is 15.2 Å². The van der Waals surface area contributed by atoms with Gasteiger partial charge in [0.15, 0.2) is 0 Å². The highest BCUT2D eigenvalue weighted by Crippen LogP contribution is 2.30. The smallest absolute Gasteiger partial charge is 0.387 e. The third-order valence-corrected chi connectivity index (χ3v) is 4.17. The molecule has 0 spiro atoms. The summed E-state index contributed by atoms with van der Waals surface area (Å²) >= 11 is 0. The first-order valence-corrected chi connectivity index (χ1v) is 7.36. The van der Waals surface area contributed by atoms with E-state index in [9.17, 15) is 18.7 Å². The Labute approximate surface area is 128 Å². The molecule has 1 fully saturated rings. The van der Waals surface area contributed by atoms with Crippen LogP contribution in [-0.2, 0) is 0 Å². The number of halogens is 2. The average molecular weight is 313 g/mol. The average Bonchev–Trinajstić information content (AvgIpc) is 2.91. The number of aliphatic hydroxyl groups is 1. The predicted molar refractivity (Wildman–Crippen MR) is 78.3 cm³/mol. The summed E-state index contributed by atoms with van der Waals surface area (Å²) < 4.78 is 29.2. The summed E-state index contributed by atoms with van der Waals surface area (Å²) in [5.41, 5.74) is 0.790. The summed E-state index contributed by atoms with van der Waals surface area (Å²) in [6.45, 7) is 0.259. The number of hydrogen-bond donors (Lipinski definition) is 2. The molecule has 1 aromatic rings. The first-order valence-electron chi connectivity index (χ1n) is 7.36. The number of nitrogens with one attached hydrogen (secondary N) is 1. The number of aliphatic hydroxyl groups excluding tert-OH is 1. The van der Waals surface area contributed by atoms with Crippen molar-refractivity contribution in [2.45, 2.75) is 51.7 Å². The molecular weight excluding hydrogens is 292 g/mol. The highest BCUT2D eigenvalue weighted by Gasteiger charge is 2.35. The predicted octanol–water partition coefficient (Wildman–Crippen LogP) is 2.94. The van der Waals surface area contributed by atoms with E-state index in [1.807, 2.05) is 0 Å². The molecule has 0 bridgehead atoms. The Morgan fingerprint density at radius 1 is 1.32 bits per heavy atom. The second-order valence-electron chi connectivity index (χ2n) is 5.92. The zero-order chi connectivity index (χ0) is 16.3. The van der Waals surface area contributed by atoms with Gasteiger partial charge in [-0.05, 0) is 49.9 Å². The van der Waals surface area contributed by atoms with Gasteiger partial charge in [0.1, 0.15) is 5.75 Å². The molecular formula is C16H21F2NO3. The molecule has 1 saturated carbocycles. The third kappa shape index (κ3) is 3.55. The summed E-state index contributed by atoms with van der Waals surface area (Å²) in [6, 6.07) is 3.06. The van der Waals surface area contributed by atoms with Gasteiger partial charge in [0.2, 0.25) is 0 Å². The first-order chi connectivity index (χ1) is 10.4. The van der Waals surface area contributed by atoms with Crippen molar-refractivity contribution in [3.63, 3.8) is 0 Å². The Kier molecular flexibility index (Phi) is 5.01. The monoisotopic (exact) mass is 313 g/mol. The highest BCUT2D eigenvalue weighted by molar-refractivity contribution is 5.95. The molecule has 1 aromatic carbocycles. The van der Waals surface area contributed by atoms with Gasteiger partial charge in [0.05, 0.1) is 12.1 Å². The maximum atomic E-state index is 12.4. The molecule has 22 heavy (non-hydrogen) atoms. The molecule has 0 heterocycles. The number of carbonyl (C=O) groups excluding carboxylic acids is 1. The van der Waals surface area contributed by atoms with Crippen molar-refractivity contribution >= 4 is 5.91 Å². The standard InChI is InChI=1S/C16H21F2NO3/c1-10-7-12(8-11(2)13(10)22-15(17)18)14(21)19-16(9-20)5-3-4-6-16/h7-8,15,20H,3-6,9H2,1-2H3,(H,19,21). The number of amides is 1. The molecule has 0 unspecified atom stereocenters. The van der Waals surface area contributed by atoms with Crippen molar-refractivity contribution in [2.24, 2.45) is 0 Å². The number of aryl methyl sites for hydroxylation is 2. The Balaban J connectivity index is 2.20. The molecule has 6 heteroatoms. The number of rotatable bonds is 5. The van der Waals surface area contributed by atoms with Crippen LogP contribution in [0.5, 0.6) is 5.75 Å². The number of hydrogen-bond acceptors (Lipinski definition) is 3. The SMILES string of the molecule is Cc1cc(C(=O)NC2(CO)CCCC2)cc(C)c1OC(F)F. The van der Waals surface area contributed by atoms with E-state index in [0.717, 1.165) is 25.7 Å². The molecule has 0 atom stereocenters. The summed E-state index contributed by atoms with van der Waals surface area (Å²) in [4.78, 5) is 12.4. The molecule has 122 valence electrons. The maximum absolute atomic E-state index is 12.4. The lowest BCUT2D eigenvalue weighted by Crippen LogP contribution is -2.49. The fourth-order valence-electron chi connectivity index (χ4n) is 3.04. The molecule has 0 radical (unpaired) electrons. The van der Waals surface area contributed by atoms with Gasteiger partial charge in [-0.25, -0.2) is 0 Å². The largest absolute Gasteiger partial charge is 0.434 e. The summed E-state index contributed by atoms with van der Waals surface area (Å²) in [5, 5.41) is 12.4. The molecule has 0 aliphatic heterocycles. The quantitative estimate of drug-likeness (QED) is 0.878. The lowest BCUT2D eigenvalue weighted by molar-refractivity contribution is -0.0507. The fourth-order valence-corrected chi connectivity index (χ4v) is 3.04. The van der Waals surface area contributed by atoms with Gasteiger partial charge in [-0.2, -0.15) is 8.78 Å². The van der Waals surface area contributed by atoms with E-state index in [1.54, 1.807) is 13.8 Å². The minimum absolute atomic E-state index is 0.0940. The van der Waals surface area contributed by atoms with Crippen molar-refractivity contribution in [1.82, 2.24) is 5.32 Å². The van der Waals surface area contributed by atoms with Crippen LogP contribution in [0.25, 0.3) is 0 Å². The van der Waals surface area contributed by atoms with Crippen LogP contribution in [0.4, 0.5) is 8.78 Å². The maximum Gasteiger partial charge on any atom is 0.387 e. The molecule has 1 amide bonds. The van der Waals surface area contributed by atoms with E-state index in [1.165, 1.54) is 12.1 Å². The van der Waals surface area contributed by atoms with Gasteiger partial charge in [-0.3, -0.25) is 4.79 Å². The fraction of sp³-hybridized carbons (Fsp3) is 0.562. The molecule has 4 nitrogen and oxygen atoms in total. The van der Waals surface area contributed by atoms with Crippen molar-refractivity contribution in [1.29, 1.82) is 0 Å². The van der Waals surface area contributed by atoms with Crippen LogP contribution in [0.3, 0.4) is 0 Å². The van der Waals surface area contributed by atoms with Crippen molar-refractivity contribution < 1.29 is 23.4 Å². The molecule has 2 N–H and O–H groups in total. The van der Waals surface area contributed by atoms with Crippen molar-refractivity contribution in [3.05, 3.63) is 28.8 Å². The first kappa shape index (κ1) is 16.7. The summed E-state index contributed by atoms with van der Waals surface area (Å²) in [7, 11) is 0. The normalized spacial score (nSPS) is 16.8. The van der Waals surface area contributed by atoms with Gasteiger partial charge >= 0.3 is 6.61 Å². The van der Waals surface area contributed by atoms with Crippen molar-refractivity contribution in [2.75, 3.05) is 6.61 Å². The lowest BCUT2D eigenvalue weighted by Gasteiger charge is -2.28. The number of carbonyl (C=O) groups is 1. The Morgan fingerprint density at radius 2 is 1.86 bits per heavy atom. The molecule has 0 aromatic heterocycles. The molecule has 1 aliphatic carbocycles. The van der Waals surface area contributed by atoms with Gasteiger partial charge in [-0.15, -0.1) is 0 Å². The molecule has 2 rings (SSSR count). The summed E-state index contributed by atoms with van der Waals surface area (Å²) in [6.07, 6.45) is 3.44. The number of ether oxygens (including phenoxy) is 1.